The molecule has 1 aromatic carbocycles. The van der Waals surface area contributed by atoms with Crippen molar-refractivity contribution in [2.75, 3.05) is 6.54 Å². The lowest BCUT2D eigenvalue weighted by molar-refractivity contribution is 0.172. The van der Waals surface area contributed by atoms with Crippen LogP contribution in [0.5, 0.6) is 0 Å². The van der Waals surface area contributed by atoms with Crippen molar-refractivity contribution in [2.45, 2.75) is 12.5 Å². The van der Waals surface area contributed by atoms with Crippen LogP contribution in [0, 0.1) is 12.5 Å². The Bertz CT molecular complexity index is 395. The number of hydrogen-bond donors (Lipinski definition) is 0. The van der Waals surface area contributed by atoms with Crippen molar-refractivity contribution in [1.82, 2.24) is 4.90 Å². The van der Waals surface area contributed by atoms with Crippen molar-refractivity contribution in [3.05, 3.63) is 33.8 Å². The fourth-order valence-electron chi connectivity index (χ4n) is 1.64. The summed E-state index contributed by atoms with van der Waals surface area (Å²) in [5, 5.41) is 1.21. The monoisotopic (exact) mass is 225 g/mol. The zero-order chi connectivity index (χ0) is 10.1. The topological polar surface area (TPSA) is 3.24 Å². The second-order valence-corrected chi connectivity index (χ2v) is 4.06. The first kappa shape index (κ1) is 9.71. The number of benzene rings is 1. The van der Waals surface area contributed by atoms with Crippen LogP contribution in [0.2, 0.25) is 10.0 Å². The van der Waals surface area contributed by atoms with Gasteiger partial charge in [-0.25, -0.2) is 0 Å². The molecule has 2 rings (SSSR count). The molecule has 1 nitrogen and oxygen atoms in total. The maximum atomic E-state index is 6.10. The summed E-state index contributed by atoms with van der Waals surface area (Å²) in [5.41, 5.74) is 1.03. The molecule has 1 heterocycles. The van der Waals surface area contributed by atoms with Crippen molar-refractivity contribution in [2.24, 2.45) is 0 Å². The minimum Gasteiger partial charge on any atom is -0.325 e. The second-order valence-electron chi connectivity index (χ2n) is 3.27. The first-order chi connectivity index (χ1) is 6.74. The predicted octanol–water partition coefficient (Wildman–Crippen LogP) is 3.33. The van der Waals surface area contributed by atoms with Crippen LogP contribution in [0.3, 0.4) is 0 Å². The van der Waals surface area contributed by atoms with Gasteiger partial charge in [-0.15, -0.1) is 0 Å². The highest BCUT2D eigenvalue weighted by Crippen LogP contribution is 2.38. The Balaban J connectivity index is 2.34. The van der Waals surface area contributed by atoms with Crippen molar-refractivity contribution in [3.63, 3.8) is 0 Å². The number of nitrogens with zero attached hydrogens (tertiary/aromatic N) is 1. The summed E-state index contributed by atoms with van der Waals surface area (Å²) in [5.74, 6) is 0. The molecule has 1 saturated heterocycles. The molecule has 0 spiro atoms. The number of halogens is 2. The summed E-state index contributed by atoms with van der Waals surface area (Å²) in [6.45, 7) is 0.935. The fourth-order valence-corrected chi connectivity index (χ4v) is 2.08. The van der Waals surface area contributed by atoms with Crippen molar-refractivity contribution < 1.29 is 0 Å². The van der Waals surface area contributed by atoms with Crippen LogP contribution in [0.1, 0.15) is 18.0 Å². The van der Waals surface area contributed by atoms with E-state index in [0.29, 0.717) is 10.0 Å². The zero-order valence-electron chi connectivity index (χ0n) is 7.50. The Morgan fingerprint density at radius 3 is 2.79 bits per heavy atom. The van der Waals surface area contributed by atoms with Gasteiger partial charge in [-0.05, 0) is 18.1 Å². The molecule has 0 amide bonds. The average molecular weight is 226 g/mol. The van der Waals surface area contributed by atoms with E-state index in [9.17, 15) is 0 Å². The molecule has 0 bridgehead atoms. The molecule has 1 atom stereocenters. The van der Waals surface area contributed by atoms with Crippen LogP contribution in [0.4, 0.5) is 0 Å². The van der Waals surface area contributed by atoms with Gasteiger partial charge in [0.1, 0.15) is 0 Å². The number of rotatable bonds is 1. The summed E-state index contributed by atoms with van der Waals surface area (Å²) >= 11 is 12.0. The summed E-state index contributed by atoms with van der Waals surface area (Å²) in [7, 11) is 0. The summed E-state index contributed by atoms with van der Waals surface area (Å²) in [6, 6.07) is 8.53. The molecular weight excluding hydrogens is 217 g/mol. The first-order valence-electron chi connectivity index (χ1n) is 4.41. The second kappa shape index (κ2) is 3.73. The van der Waals surface area contributed by atoms with Crippen LogP contribution >= 0.6 is 23.2 Å². The number of terminal acetylenes is 1. The largest absolute Gasteiger partial charge is 0.325 e. The Morgan fingerprint density at radius 1 is 1.43 bits per heavy atom. The molecule has 0 aromatic heterocycles. The van der Waals surface area contributed by atoms with E-state index in [0.717, 1.165) is 18.5 Å². The maximum Gasteiger partial charge on any atom is 0.0652 e. The highest BCUT2D eigenvalue weighted by Gasteiger charge is 2.29. The van der Waals surface area contributed by atoms with Gasteiger partial charge in [-0.1, -0.05) is 41.8 Å². The Morgan fingerprint density at radius 2 is 2.21 bits per heavy atom. The lowest BCUT2D eigenvalue weighted by Crippen LogP contribution is -2.36. The van der Waals surface area contributed by atoms with Crippen LogP contribution in [-0.2, 0) is 0 Å². The fraction of sp³-hybridized carbons (Fsp3) is 0.273. The third kappa shape index (κ3) is 1.45. The van der Waals surface area contributed by atoms with Gasteiger partial charge in [0.15, 0.2) is 0 Å². The molecule has 14 heavy (non-hydrogen) atoms. The molecule has 0 saturated carbocycles. The maximum absolute atomic E-state index is 6.10. The molecule has 1 fully saturated rings. The van der Waals surface area contributed by atoms with Gasteiger partial charge in [0.25, 0.3) is 0 Å². The molecular formula is C11H9Cl2N. The lowest BCUT2D eigenvalue weighted by Gasteiger charge is -2.38. The highest BCUT2D eigenvalue weighted by molar-refractivity contribution is 6.42. The van der Waals surface area contributed by atoms with E-state index in [4.69, 9.17) is 29.6 Å². The molecule has 0 aliphatic carbocycles. The van der Waals surface area contributed by atoms with Gasteiger partial charge < -0.3 is 4.90 Å². The van der Waals surface area contributed by atoms with Gasteiger partial charge in [0.2, 0.25) is 0 Å². The number of hydrogen-bond acceptors (Lipinski definition) is 1. The highest BCUT2D eigenvalue weighted by atomic mass is 35.5. The predicted molar refractivity (Wildman–Crippen MR) is 59.4 cm³/mol. The van der Waals surface area contributed by atoms with Crippen molar-refractivity contribution in [1.29, 1.82) is 0 Å². The standard InChI is InChI=1S/C11H9Cl2N/c1-2-14-7-6-10(14)8-4-3-5-9(12)11(8)13/h1,3-5,10H,6-7H2. The van der Waals surface area contributed by atoms with E-state index >= 15 is 0 Å². The quantitative estimate of drug-likeness (QED) is 0.664. The van der Waals surface area contributed by atoms with Gasteiger partial charge in [0.05, 0.1) is 16.1 Å². The summed E-state index contributed by atoms with van der Waals surface area (Å²) in [6.07, 6.45) is 6.40. The first-order valence-corrected chi connectivity index (χ1v) is 5.16. The summed E-state index contributed by atoms with van der Waals surface area (Å²) < 4.78 is 0. The average Bonchev–Trinajstić information content (AvgIpc) is 2.12. The minimum absolute atomic E-state index is 0.242. The molecule has 0 N–H and O–H groups in total. The van der Waals surface area contributed by atoms with Gasteiger partial charge >= 0.3 is 0 Å². The Kier molecular flexibility index (Phi) is 2.58. The molecule has 1 unspecified atom stereocenters. The summed E-state index contributed by atoms with van der Waals surface area (Å²) in [4.78, 5) is 1.93. The molecule has 3 heteroatoms. The molecule has 1 aliphatic rings. The molecule has 72 valence electrons. The van der Waals surface area contributed by atoms with Gasteiger partial charge in [-0.3, -0.25) is 0 Å². The SMILES string of the molecule is C#CN1CCC1c1cccc(Cl)c1Cl. The van der Waals surface area contributed by atoms with E-state index < -0.39 is 0 Å². The van der Waals surface area contributed by atoms with Crippen LogP contribution in [0.15, 0.2) is 18.2 Å². The molecule has 1 aliphatic heterocycles. The minimum atomic E-state index is 0.242. The smallest absolute Gasteiger partial charge is 0.0652 e. The molecule has 1 aromatic rings. The van der Waals surface area contributed by atoms with Crippen molar-refractivity contribution in [3.8, 4) is 12.5 Å². The van der Waals surface area contributed by atoms with E-state index in [2.05, 4.69) is 6.04 Å². The Labute approximate surface area is 93.6 Å². The van der Waals surface area contributed by atoms with Crippen LogP contribution in [0.25, 0.3) is 0 Å². The van der Waals surface area contributed by atoms with Crippen LogP contribution in [-0.4, -0.2) is 11.4 Å². The third-order valence-corrected chi connectivity index (χ3v) is 3.36. The normalized spacial score (nSPS) is 20.1. The van der Waals surface area contributed by atoms with Crippen molar-refractivity contribution >= 4 is 23.2 Å². The van der Waals surface area contributed by atoms with E-state index in [1.54, 1.807) is 6.07 Å². The number of likely N-dealkylation sites (tertiary alicyclic amines) is 1. The Hall–Kier alpha value is -0.840. The molecule has 0 radical (unpaired) electrons. The zero-order valence-corrected chi connectivity index (χ0v) is 9.02. The van der Waals surface area contributed by atoms with Crippen LogP contribution < -0.4 is 0 Å². The van der Waals surface area contributed by atoms with E-state index in [-0.39, 0.29) is 6.04 Å². The lowest BCUT2D eigenvalue weighted by atomic mass is 9.95. The third-order valence-electron chi connectivity index (χ3n) is 2.53. The van der Waals surface area contributed by atoms with E-state index in [1.807, 2.05) is 17.0 Å². The van der Waals surface area contributed by atoms with E-state index in [1.165, 1.54) is 0 Å². The van der Waals surface area contributed by atoms with Gasteiger partial charge in [0, 0.05) is 12.6 Å². The van der Waals surface area contributed by atoms with Gasteiger partial charge in [-0.2, -0.15) is 0 Å².